The van der Waals surface area contributed by atoms with Crippen LogP contribution in [0.25, 0.3) is 21.9 Å². The van der Waals surface area contributed by atoms with Crippen molar-refractivity contribution >= 4 is 57.0 Å². The van der Waals surface area contributed by atoms with Crippen molar-refractivity contribution in [2.24, 2.45) is 0 Å². The monoisotopic (exact) mass is 740 g/mol. The van der Waals surface area contributed by atoms with Crippen LogP contribution >= 0.6 is 0 Å². The zero-order valence-electron chi connectivity index (χ0n) is 33.7. The van der Waals surface area contributed by atoms with Crippen LogP contribution in [0.3, 0.4) is 0 Å². The molecule has 4 nitrogen and oxygen atoms in total. The van der Waals surface area contributed by atoms with E-state index in [2.05, 4.69) is 180 Å². The van der Waals surface area contributed by atoms with Crippen LogP contribution in [0.15, 0.2) is 121 Å². The van der Waals surface area contributed by atoms with Crippen molar-refractivity contribution in [3.05, 3.63) is 149 Å². The largest absolute Gasteiger partial charge is 0.457 e. The first kappa shape index (κ1) is 33.2. The van der Waals surface area contributed by atoms with Gasteiger partial charge in [-0.15, -0.1) is 0 Å². The van der Waals surface area contributed by atoms with Crippen molar-refractivity contribution in [1.82, 2.24) is 0 Å². The van der Waals surface area contributed by atoms with Crippen LogP contribution in [0.4, 0.5) is 28.4 Å². The van der Waals surface area contributed by atoms with Crippen LogP contribution in [-0.2, 0) is 16.2 Å². The lowest BCUT2D eigenvalue weighted by Gasteiger charge is -2.49. The van der Waals surface area contributed by atoms with Crippen LogP contribution in [0, 0.1) is 6.92 Å². The fourth-order valence-electron chi connectivity index (χ4n) is 11.1. The van der Waals surface area contributed by atoms with Crippen molar-refractivity contribution in [3.8, 4) is 34.1 Å². The van der Waals surface area contributed by atoms with Crippen molar-refractivity contribution < 1.29 is 9.47 Å². The maximum Gasteiger partial charge on any atom is 0.333 e. The Labute approximate surface area is 335 Å². The van der Waals surface area contributed by atoms with Gasteiger partial charge in [0.05, 0.1) is 11.4 Å². The molecule has 57 heavy (non-hydrogen) atoms. The van der Waals surface area contributed by atoms with Crippen molar-refractivity contribution in [2.45, 2.75) is 77.6 Å². The second-order valence-electron chi connectivity index (χ2n) is 18.8. The number of hydrogen-bond acceptors (Lipinski definition) is 4. The van der Waals surface area contributed by atoms with Gasteiger partial charge in [0, 0.05) is 39.2 Å². The Morgan fingerprint density at radius 2 is 1.21 bits per heavy atom. The molecule has 7 aromatic carbocycles. The number of para-hydroxylation sites is 4. The van der Waals surface area contributed by atoms with Crippen LogP contribution < -0.4 is 30.1 Å². The van der Waals surface area contributed by atoms with E-state index in [4.69, 9.17) is 9.47 Å². The van der Waals surface area contributed by atoms with Gasteiger partial charge in [-0.3, -0.25) is 0 Å². The summed E-state index contributed by atoms with van der Waals surface area (Å²) < 4.78 is 13.7. The minimum Gasteiger partial charge on any atom is -0.457 e. The number of aryl methyl sites for hydroxylation is 1. The lowest BCUT2D eigenvalue weighted by molar-refractivity contribution is 0.332. The van der Waals surface area contributed by atoms with Gasteiger partial charge in [0.25, 0.3) is 0 Å². The fourth-order valence-corrected chi connectivity index (χ4v) is 11.1. The quantitative estimate of drug-likeness (QED) is 0.157. The highest BCUT2D eigenvalue weighted by Crippen LogP contribution is 2.58. The zero-order valence-corrected chi connectivity index (χ0v) is 33.7. The molecule has 4 heterocycles. The molecule has 5 aliphatic rings. The van der Waals surface area contributed by atoms with E-state index in [1.165, 1.54) is 84.1 Å². The molecule has 0 saturated carbocycles. The molecule has 278 valence electrons. The third kappa shape index (κ3) is 4.30. The van der Waals surface area contributed by atoms with Crippen molar-refractivity contribution in [2.75, 3.05) is 9.71 Å². The van der Waals surface area contributed by atoms with Crippen LogP contribution in [-0.4, -0.2) is 6.85 Å². The Balaban J connectivity index is 1.24. The molecule has 0 aromatic heterocycles. The Morgan fingerprint density at radius 1 is 0.544 bits per heavy atom. The predicted octanol–water partition coefficient (Wildman–Crippen LogP) is 12.7. The third-order valence-electron chi connectivity index (χ3n) is 14.2. The van der Waals surface area contributed by atoms with Gasteiger partial charge >= 0.3 is 6.85 Å². The Hall–Kier alpha value is -5.94. The van der Waals surface area contributed by atoms with Gasteiger partial charge in [-0.05, 0) is 123 Å². The third-order valence-corrected chi connectivity index (χ3v) is 14.2. The molecule has 0 unspecified atom stereocenters. The van der Waals surface area contributed by atoms with E-state index in [0.29, 0.717) is 0 Å². The minimum absolute atomic E-state index is 0.0551. The molecular formula is C52H45BN2O2. The summed E-state index contributed by atoms with van der Waals surface area (Å²) >= 11 is 0. The Kier molecular flexibility index (Phi) is 6.36. The second kappa shape index (κ2) is 10.9. The highest BCUT2D eigenvalue weighted by Gasteiger charge is 2.50. The smallest absolute Gasteiger partial charge is 0.333 e. The average Bonchev–Trinajstić information content (AvgIpc) is 3.20. The first-order valence-electron chi connectivity index (χ1n) is 20.6. The normalized spacial score (nSPS) is 17.8. The van der Waals surface area contributed by atoms with E-state index in [0.717, 1.165) is 40.8 Å². The van der Waals surface area contributed by atoms with Crippen LogP contribution in [0.1, 0.15) is 82.2 Å². The van der Waals surface area contributed by atoms with Crippen molar-refractivity contribution in [3.63, 3.8) is 0 Å². The Morgan fingerprint density at radius 3 is 2.04 bits per heavy atom. The number of fused-ring (bicyclic) bond motifs is 11. The standard InChI is InChI=1S/C52H45BN2O2/c1-30-25-35-36(51(4,5)24-23-50(35,2)3)27-40(30)54-41-28-37-46(56-43-20-12-10-18-34(43)52(37,6)7)29-38(41)53-48-42(54)26-31-15-8-9-16-32(31)47(48)33-17-14-22-45-49(33)55(53)39-19-11-13-21-44(39)57-45/h8-22,25-29H,23-24H2,1-7H3. The summed E-state index contributed by atoms with van der Waals surface area (Å²) in [4.78, 5) is 5.20. The molecule has 0 bridgehead atoms. The van der Waals surface area contributed by atoms with E-state index in [1.807, 2.05) is 0 Å². The summed E-state index contributed by atoms with van der Waals surface area (Å²) in [6, 6.07) is 45.0. The molecule has 7 aromatic rings. The van der Waals surface area contributed by atoms with E-state index >= 15 is 0 Å². The second-order valence-corrected chi connectivity index (χ2v) is 18.8. The molecule has 0 saturated heterocycles. The highest BCUT2D eigenvalue weighted by molar-refractivity contribution is 6.94. The van der Waals surface area contributed by atoms with Gasteiger partial charge in [-0.2, -0.15) is 0 Å². The number of ether oxygens (including phenoxy) is 2. The predicted molar refractivity (Wildman–Crippen MR) is 236 cm³/mol. The molecule has 12 rings (SSSR count). The fraction of sp³-hybridized carbons (Fsp3) is 0.231. The molecule has 4 aliphatic heterocycles. The van der Waals surface area contributed by atoms with E-state index in [1.54, 1.807) is 0 Å². The molecular weight excluding hydrogens is 695 g/mol. The molecule has 0 spiro atoms. The summed E-state index contributed by atoms with van der Waals surface area (Å²) in [5, 5.41) is 2.49. The number of anilines is 5. The van der Waals surface area contributed by atoms with Crippen LogP contribution in [0.5, 0.6) is 23.0 Å². The lowest BCUT2D eigenvalue weighted by atomic mass is 9.42. The van der Waals surface area contributed by atoms with Gasteiger partial charge in [-0.1, -0.05) is 114 Å². The van der Waals surface area contributed by atoms with E-state index in [-0.39, 0.29) is 23.1 Å². The van der Waals surface area contributed by atoms with Gasteiger partial charge in [0.15, 0.2) is 5.75 Å². The molecule has 1 aliphatic carbocycles. The number of rotatable bonds is 1. The first-order chi connectivity index (χ1) is 27.4. The maximum absolute atomic E-state index is 6.95. The molecule has 5 heteroatoms. The molecule has 0 atom stereocenters. The lowest BCUT2D eigenvalue weighted by Crippen LogP contribution is -2.62. The summed E-state index contributed by atoms with van der Waals surface area (Å²) in [6.07, 6.45) is 2.34. The topological polar surface area (TPSA) is 24.9 Å². The minimum atomic E-state index is -0.283. The van der Waals surface area contributed by atoms with Gasteiger partial charge in [-0.25, -0.2) is 0 Å². The average molecular weight is 741 g/mol. The Bertz CT molecular complexity index is 2940. The first-order valence-corrected chi connectivity index (χ1v) is 20.6. The summed E-state index contributed by atoms with van der Waals surface area (Å²) in [6.45, 7) is 16.6. The number of hydrogen-bond donors (Lipinski definition) is 0. The number of nitrogens with zero attached hydrogens (tertiary/aromatic N) is 2. The molecule has 0 radical (unpaired) electrons. The molecule has 0 N–H and O–H groups in total. The van der Waals surface area contributed by atoms with Crippen LogP contribution in [0.2, 0.25) is 0 Å². The molecule has 0 fully saturated rings. The van der Waals surface area contributed by atoms with Gasteiger partial charge in [0.1, 0.15) is 17.2 Å². The summed E-state index contributed by atoms with van der Waals surface area (Å²) in [7, 11) is 0. The highest BCUT2D eigenvalue weighted by atomic mass is 16.5. The van der Waals surface area contributed by atoms with E-state index < -0.39 is 0 Å². The van der Waals surface area contributed by atoms with Gasteiger partial charge in [0.2, 0.25) is 0 Å². The van der Waals surface area contributed by atoms with Crippen molar-refractivity contribution in [1.29, 1.82) is 0 Å². The summed E-state index contributed by atoms with van der Waals surface area (Å²) in [5.74, 6) is 3.61. The summed E-state index contributed by atoms with van der Waals surface area (Å²) in [5.41, 5.74) is 17.4. The van der Waals surface area contributed by atoms with E-state index in [9.17, 15) is 0 Å². The maximum atomic E-state index is 6.95. The molecule has 0 amide bonds. The SMILES string of the molecule is Cc1cc2c(cc1N1c3cc4c(cc3B3c5c1cc1ccccc1c5-c1cccc5c1N3c1ccccc1O5)Oc1ccccc1C4(C)C)C(C)(C)CCC2(C)C. The number of benzene rings is 7. The van der Waals surface area contributed by atoms with Gasteiger partial charge < -0.3 is 19.2 Å². The zero-order chi connectivity index (χ0) is 38.7.